The van der Waals surface area contributed by atoms with Gasteiger partial charge in [0.1, 0.15) is 12.7 Å². The van der Waals surface area contributed by atoms with Crippen LogP contribution in [0.25, 0.3) is 0 Å². The molecule has 2 N–H and O–H groups in total. The van der Waals surface area contributed by atoms with Crippen LogP contribution in [0.1, 0.15) is 106 Å². The molecule has 11 atom stereocenters. The van der Waals surface area contributed by atoms with E-state index in [9.17, 15) is 14.7 Å². The van der Waals surface area contributed by atoms with Crippen molar-refractivity contribution in [1.29, 1.82) is 0 Å². The number of carbonyl (C=O) groups excluding carboxylic acids is 2. The Kier molecular flexibility index (Phi) is 6.86. The predicted molar refractivity (Wildman–Crippen MR) is 154 cm³/mol. The highest BCUT2D eigenvalue weighted by molar-refractivity contribution is 5.91. The van der Waals surface area contributed by atoms with E-state index < -0.39 is 30.4 Å². The van der Waals surface area contributed by atoms with Crippen LogP contribution in [0.4, 0.5) is 4.79 Å². The van der Waals surface area contributed by atoms with Crippen LogP contribution in [0.5, 0.6) is 0 Å². The normalized spacial score (nSPS) is 50.0. The van der Waals surface area contributed by atoms with E-state index in [1.807, 2.05) is 13.8 Å². The Bertz CT molecular complexity index is 1080. The Morgan fingerprint density at radius 2 is 1.66 bits per heavy atom. The lowest BCUT2D eigenvalue weighted by molar-refractivity contribution is -0.246. The number of rotatable bonds is 4. The van der Waals surface area contributed by atoms with Crippen LogP contribution in [0.2, 0.25) is 0 Å². The molecule has 0 aromatic carbocycles. The molecule has 0 aromatic rings. The van der Waals surface area contributed by atoms with Gasteiger partial charge in [0.05, 0.1) is 19.3 Å². The van der Waals surface area contributed by atoms with Crippen LogP contribution in [0, 0.1) is 56.2 Å². The van der Waals surface area contributed by atoms with Gasteiger partial charge in [-0.2, -0.15) is 0 Å². The lowest BCUT2D eigenvalue weighted by atomic mass is 9.31. The molecular formula is C34H54O7. The van der Waals surface area contributed by atoms with E-state index in [1.54, 1.807) is 0 Å². The van der Waals surface area contributed by atoms with Gasteiger partial charge in [0.25, 0.3) is 0 Å². The first-order chi connectivity index (χ1) is 19.1. The van der Waals surface area contributed by atoms with E-state index in [-0.39, 0.29) is 40.0 Å². The van der Waals surface area contributed by atoms with Gasteiger partial charge in [0.15, 0.2) is 11.9 Å². The van der Waals surface area contributed by atoms with Crippen LogP contribution < -0.4 is 0 Å². The van der Waals surface area contributed by atoms with E-state index >= 15 is 0 Å². The Hall–Kier alpha value is -1.18. The molecule has 1 aliphatic heterocycles. The Morgan fingerprint density at radius 1 is 0.951 bits per heavy atom. The fourth-order valence-electron chi connectivity index (χ4n) is 12.3. The van der Waals surface area contributed by atoms with E-state index in [0.29, 0.717) is 35.7 Å². The highest BCUT2D eigenvalue weighted by atomic mass is 16.7. The van der Waals surface area contributed by atoms with Gasteiger partial charge in [-0.1, -0.05) is 48.5 Å². The molecule has 6 aliphatic rings. The molecular weight excluding hydrogens is 520 g/mol. The van der Waals surface area contributed by atoms with Gasteiger partial charge in [0, 0.05) is 5.41 Å². The minimum absolute atomic E-state index is 0.0269. The second kappa shape index (κ2) is 9.41. The van der Waals surface area contributed by atoms with Crippen LogP contribution in [0.15, 0.2) is 0 Å². The molecule has 5 aliphatic carbocycles. The minimum atomic E-state index is -1.16. The molecule has 0 spiro atoms. The summed E-state index contributed by atoms with van der Waals surface area (Å²) in [5.74, 6) is 1.93. The zero-order valence-electron chi connectivity index (χ0n) is 26.5. The van der Waals surface area contributed by atoms with Crippen molar-refractivity contribution < 1.29 is 34.0 Å². The summed E-state index contributed by atoms with van der Waals surface area (Å²) in [5, 5.41) is 18.7. The van der Waals surface area contributed by atoms with Crippen LogP contribution in [0.3, 0.4) is 0 Å². The first-order valence-corrected chi connectivity index (χ1v) is 16.3. The SMILES string of the molecule is CC1(C)CC[C@]23CC[C@]4(C)[C@H](CC[C@@H]5[C@@]6(C)CC(OC(=O)OCC(O)CO)C(=O)C(C)(C)[C@@H]6CC[C@]54C)C2C1OC3. The van der Waals surface area contributed by atoms with E-state index in [2.05, 4.69) is 34.6 Å². The molecule has 2 bridgehead atoms. The Balaban J connectivity index is 1.30. The summed E-state index contributed by atoms with van der Waals surface area (Å²) >= 11 is 0. The fraction of sp³-hybridized carbons (Fsp3) is 0.941. The average Bonchev–Trinajstić information content (AvgIpc) is 3.24. The monoisotopic (exact) mass is 574 g/mol. The molecule has 1 saturated heterocycles. The lowest BCUT2D eigenvalue weighted by Crippen LogP contribution is -2.68. The molecule has 6 rings (SSSR count). The van der Waals surface area contributed by atoms with E-state index in [4.69, 9.17) is 19.3 Å². The largest absolute Gasteiger partial charge is 0.509 e. The van der Waals surface area contributed by atoms with Crippen molar-refractivity contribution in [3.63, 3.8) is 0 Å². The first-order valence-electron chi connectivity index (χ1n) is 16.3. The summed E-state index contributed by atoms with van der Waals surface area (Å²) in [4.78, 5) is 26.4. The predicted octanol–water partition coefficient (Wildman–Crippen LogP) is 5.93. The maximum absolute atomic E-state index is 13.8. The smallest absolute Gasteiger partial charge is 0.431 e. The molecule has 7 heteroatoms. The number of hydrogen-bond donors (Lipinski definition) is 2. The van der Waals surface area contributed by atoms with Crippen LogP contribution >= 0.6 is 0 Å². The van der Waals surface area contributed by atoms with E-state index in [0.717, 1.165) is 25.9 Å². The molecule has 4 unspecified atom stereocenters. The third-order valence-corrected chi connectivity index (χ3v) is 14.7. The third kappa shape index (κ3) is 3.99. The molecule has 5 saturated carbocycles. The van der Waals surface area contributed by atoms with Crippen molar-refractivity contribution in [2.75, 3.05) is 19.8 Å². The molecule has 0 amide bonds. The summed E-state index contributed by atoms with van der Waals surface area (Å²) < 4.78 is 17.5. The zero-order chi connectivity index (χ0) is 29.8. The number of Topliss-reactive ketones (excluding diaryl/α,β-unsaturated/α-hetero) is 1. The molecule has 0 radical (unpaired) electrons. The van der Waals surface area contributed by atoms with Gasteiger partial charge in [-0.15, -0.1) is 0 Å². The van der Waals surface area contributed by atoms with Gasteiger partial charge in [0.2, 0.25) is 0 Å². The number of ketones is 1. The topological polar surface area (TPSA) is 102 Å². The second-order valence-electron chi connectivity index (χ2n) is 17.1. The van der Waals surface area contributed by atoms with Crippen molar-refractivity contribution in [3.05, 3.63) is 0 Å². The number of aliphatic hydroxyl groups is 2. The van der Waals surface area contributed by atoms with Crippen LogP contribution in [-0.4, -0.2) is 60.3 Å². The van der Waals surface area contributed by atoms with Gasteiger partial charge in [-0.05, 0) is 109 Å². The third-order valence-electron chi connectivity index (χ3n) is 14.7. The molecule has 7 nitrogen and oxygen atoms in total. The summed E-state index contributed by atoms with van der Waals surface area (Å²) in [6.07, 6.45) is 7.50. The molecule has 41 heavy (non-hydrogen) atoms. The quantitative estimate of drug-likeness (QED) is 0.401. The number of aliphatic hydroxyl groups excluding tert-OH is 2. The Labute approximate surface area is 246 Å². The summed E-state index contributed by atoms with van der Waals surface area (Å²) in [6, 6.07) is 0. The van der Waals surface area contributed by atoms with Gasteiger partial charge in [-0.25, -0.2) is 4.79 Å². The lowest BCUT2D eigenvalue weighted by Gasteiger charge is -2.73. The maximum atomic E-state index is 13.8. The van der Waals surface area contributed by atoms with Gasteiger partial charge in [-0.3, -0.25) is 4.79 Å². The number of ether oxygens (including phenoxy) is 3. The van der Waals surface area contributed by atoms with Crippen molar-refractivity contribution in [3.8, 4) is 0 Å². The number of carbonyl (C=O) groups is 2. The van der Waals surface area contributed by atoms with Crippen molar-refractivity contribution in [2.24, 2.45) is 56.2 Å². The highest BCUT2D eigenvalue weighted by Crippen LogP contribution is 2.77. The van der Waals surface area contributed by atoms with Gasteiger partial charge >= 0.3 is 6.16 Å². The summed E-state index contributed by atoms with van der Waals surface area (Å²) in [6.45, 7) is 16.6. The number of hydrogen-bond acceptors (Lipinski definition) is 7. The fourth-order valence-corrected chi connectivity index (χ4v) is 12.3. The maximum Gasteiger partial charge on any atom is 0.509 e. The van der Waals surface area contributed by atoms with Crippen molar-refractivity contribution in [1.82, 2.24) is 0 Å². The summed E-state index contributed by atoms with van der Waals surface area (Å²) in [5.41, 5.74) is 0.166. The van der Waals surface area contributed by atoms with Crippen molar-refractivity contribution in [2.45, 2.75) is 125 Å². The van der Waals surface area contributed by atoms with Crippen LogP contribution in [-0.2, 0) is 19.0 Å². The van der Waals surface area contributed by atoms with E-state index in [1.165, 1.54) is 32.1 Å². The molecule has 0 aromatic heterocycles. The molecule has 6 fully saturated rings. The Morgan fingerprint density at radius 3 is 2.37 bits per heavy atom. The molecule has 232 valence electrons. The average molecular weight is 575 g/mol. The van der Waals surface area contributed by atoms with Crippen molar-refractivity contribution >= 4 is 11.9 Å². The standard InChI is InChI=1S/C34H54O7/c1-29(2)12-14-34-15-13-32(6)21(25(34)27(29)40-19-34)8-9-24-31(5)16-22(41-28(38)39-18-20(36)17-35)26(37)30(3,4)23(31)10-11-33(24,32)7/h20-25,27,35-36H,8-19H2,1-7H3/t20?,21-,22?,23+,24-,25?,27?,31+,32-,33-,34-/m1/s1. The number of fused-ring (bicyclic) bond motifs is 5. The second-order valence-corrected chi connectivity index (χ2v) is 17.1. The van der Waals surface area contributed by atoms with Gasteiger partial charge < -0.3 is 24.4 Å². The zero-order valence-corrected chi connectivity index (χ0v) is 26.5. The molecule has 1 heterocycles. The minimum Gasteiger partial charge on any atom is -0.431 e. The highest BCUT2D eigenvalue weighted by Gasteiger charge is 2.73. The first kappa shape index (κ1) is 29.9. The summed E-state index contributed by atoms with van der Waals surface area (Å²) in [7, 11) is 0.